The van der Waals surface area contributed by atoms with Crippen molar-refractivity contribution in [2.24, 2.45) is 5.73 Å². The molecule has 0 unspecified atom stereocenters. The van der Waals surface area contributed by atoms with Gasteiger partial charge < -0.3 is 10.5 Å². The van der Waals surface area contributed by atoms with Gasteiger partial charge >= 0.3 is 0 Å². The van der Waals surface area contributed by atoms with E-state index in [4.69, 9.17) is 10.5 Å². The molecule has 0 spiro atoms. The highest BCUT2D eigenvalue weighted by Gasteiger charge is 2.34. The minimum Gasteiger partial charge on any atom is -0.440 e. The first-order valence-electron chi connectivity index (χ1n) is 6.14. The minimum atomic E-state index is -0.762. The van der Waals surface area contributed by atoms with E-state index >= 15 is 0 Å². The molecule has 2 rings (SSSR count). The molecule has 1 atom stereocenters. The molecule has 6 nitrogen and oxygen atoms in total. The molecule has 21 heavy (non-hydrogen) atoms. The van der Waals surface area contributed by atoms with E-state index in [9.17, 15) is 15.4 Å². The van der Waals surface area contributed by atoms with Gasteiger partial charge in [0, 0.05) is 10.5 Å². The fourth-order valence-corrected chi connectivity index (χ4v) is 2.44. The molecule has 1 aromatic rings. The van der Waals surface area contributed by atoms with Gasteiger partial charge in [-0.05, 0) is 17.2 Å². The van der Waals surface area contributed by atoms with Gasteiger partial charge in [0.15, 0.2) is 0 Å². The molecular weight excluding hydrogens is 270 g/mol. The van der Waals surface area contributed by atoms with Crippen molar-refractivity contribution in [2.45, 2.75) is 5.92 Å². The Bertz CT molecular complexity index is 714. The summed E-state index contributed by atoms with van der Waals surface area (Å²) in [6.07, 6.45) is 3.19. The molecule has 0 bridgehead atoms. The van der Waals surface area contributed by atoms with Gasteiger partial charge in [0.05, 0.1) is 5.92 Å². The van der Waals surface area contributed by atoms with Crippen LogP contribution in [0.1, 0.15) is 22.6 Å². The van der Waals surface area contributed by atoms with Crippen molar-refractivity contribution in [1.82, 2.24) is 0 Å². The minimum absolute atomic E-state index is 0.0588. The highest BCUT2D eigenvalue weighted by molar-refractivity contribution is 5.72. The maximum absolute atomic E-state index is 10.9. The number of rotatable bonds is 4. The standard InChI is InChI=1S/C15H13N3O3/c1-3-9-5-6-13-14(10(9)4-2)12(8-18(19)20)11(7-16)15(17)21-13/h3-6,12H,1-2,8,17H2/t12-/m1/s1. The summed E-state index contributed by atoms with van der Waals surface area (Å²) in [7, 11) is 0. The molecule has 106 valence electrons. The molecule has 0 radical (unpaired) electrons. The van der Waals surface area contributed by atoms with Gasteiger partial charge in [0.25, 0.3) is 0 Å². The largest absolute Gasteiger partial charge is 0.440 e. The second kappa shape index (κ2) is 5.51. The first kappa shape index (κ1) is 14.3. The molecule has 2 N–H and O–H groups in total. The molecule has 1 aliphatic heterocycles. The lowest BCUT2D eigenvalue weighted by molar-refractivity contribution is -0.482. The van der Waals surface area contributed by atoms with Crippen LogP contribution in [0.25, 0.3) is 12.2 Å². The molecule has 0 saturated carbocycles. The SMILES string of the molecule is C=Cc1ccc2c(c1C=C)[C@H](C[N+](=O)[O-])C(C#N)=C(N)O2. The van der Waals surface area contributed by atoms with E-state index in [0.717, 1.165) is 5.56 Å². The van der Waals surface area contributed by atoms with Crippen molar-refractivity contribution < 1.29 is 9.66 Å². The molecule has 1 heterocycles. The van der Waals surface area contributed by atoms with Gasteiger partial charge in [-0.25, -0.2) is 0 Å². The maximum atomic E-state index is 10.9. The lowest BCUT2D eigenvalue weighted by atomic mass is 9.84. The number of nitro groups is 1. The monoisotopic (exact) mass is 283 g/mol. The smallest absolute Gasteiger partial charge is 0.215 e. The third kappa shape index (κ3) is 2.37. The quantitative estimate of drug-likeness (QED) is 0.675. The Kier molecular flexibility index (Phi) is 3.76. The Labute approximate surface area is 121 Å². The summed E-state index contributed by atoms with van der Waals surface area (Å²) >= 11 is 0. The van der Waals surface area contributed by atoms with E-state index in [2.05, 4.69) is 13.2 Å². The summed E-state index contributed by atoms with van der Waals surface area (Å²) in [4.78, 5) is 10.5. The van der Waals surface area contributed by atoms with Gasteiger partial charge in [0.2, 0.25) is 12.4 Å². The number of ether oxygens (including phenoxy) is 1. The number of fused-ring (bicyclic) bond motifs is 1. The van der Waals surface area contributed by atoms with Crippen LogP contribution in [0.5, 0.6) is 5.75 Å². The second-order valence-corrected chi connectivity index (χ2v) is 4.45. The van der Waals surface area contributed by atoms with Crippen molar-refractivity contribution in [1.29, 1.82) is 5.26 Å². The first-order chi connectivity index (χ1) is 10.0. The third-order valence-corrected chi connectivity index (χ3v) is 3.34. The van der Waals surface area contributed by atoms with Crippen molar-refractivity contribution in [3.05, 3.63) is 63.6 Å². The van der Waals surface area contributed by atoms with Gasteiger partial charge in [-0.1, -0.05) is 31.4 Å². The normalized spacial score (nSPS) is 16.4. The van der Waals surface area contributed by atoms with Crippen LogP contribution >= 0.6 is 0 Å². The topological polar surface area (TPSA) is 102 Å². The first-order valence-corrected chi connectivity index (χ1v) is 6.14. The zero-order chi connectivity index (χ0) is 15.6. The summed E-state index contributed by atoms with van der Waals surface area (Å²) in [6.45, 7) is 6.99. The van der Waals surface area contributed by atoms with Gasteiger partial charge in [-0.15, -0.1) is 0 Å². The highest BCUT2D eigenvalue weighted by atomic mass is 16.6. The zero-order valence-corrected chi connectivity index (χ0v) is 11.2. The van der Waals surface area contributed by atoms with Crippen molar-refractivity contribution >= 4 is 12.2 Å². The van der Waals surface area contributed by atoms with Gasteiger partial charge in [-0.3, -0.25) is 10.1 Å². The Morgan fingerprint density at radius 2 is 2.19 bits per heavy atom. The van der Waals surface area contributed by atoms with Crippen LogP contribution in [0.4, 0.5) is 0 Å². The summed E-state index contributed by atoms with van der Waals surface area (Å²) in [5.74, 6) is -0.460. The number of nitriles is 1. The summed E-state index contributed by atoms with van der Waals surface area (Å²) < 4.78 is 5.42. The molecular formula is C15H13N3O3. The van der Waals surface area contributed by atoms with E-state index in [1.54, 1.807) is 24.3 Å². The lowest BCUT2D eigenvalue weighted by Crippen LogP contribution is -2.25. The molecule has 0 aromatic heterocycles. The Morgan fingerprint density at radius 1 is 1.48 bits per heavy atom. The van der Waals surface area contributed by atoms with E-state index in [-0.39, 0.29) is 11.5 Å². The Balaban J connectivity index is 2.74. The molecule has 1 aromatic carbocycles. The molecule has 0 amide bonds. The van der Waals surface area contributed by atoms with Crippen LogP contribution in [0.3, 0.4) is 0 Å². The van der Waals surface area contributed by atoms with E-state index in [1.807, 2.05) is 6.07 Å². The summed E-state index contributed by atoms with van der Waals surface area (Å²) in [6, 6.07) is 5.32. The molecule has 6 heteroatoms. The number of nitrogens with two attached hydrogens (primary N) is 1. The van der Waals surface area contributed by atoms with E-state index in [1.165, 1.54) is 0 Å². The second-order valence-electron chi connectivity index (χ2n) is 4.45. The Morgan fingerprint density at radius 3 is 2.71 bits per heavy atom. The van der Waals surface area contributed by atoms with Gasteiger partial charge in [-0.2, -0.15) is 5.26 Å². The predicted molar refractivity (Wildman–Crippen MR) is 78.7 cm³/mol. The number of nitrogens with zero attached hydrogens (tertiary/aromatic N) is 2. The molecule has 0 aliphatic carbocycles. The molecule has 0 saturated heterocycles. The van der Waals surface area contributed by atoms with Crippen LogP contribution in [0, 0.1) is 21.4 Å². The van der Waals surface area contributed by atoms with Crippen LogP contribution in [-0.4, -0.2) is 11.5 Å². The van der Waals surface area contributed by atoms with Crippen LogP contribution in [0.2, 0.25) is 0 Å². The van der Waals surface area contributed by atoms with Gasteiger partial charge in [0.1, 0.15) is 17.4 Å². The number of hydrogen-bond acceptors (Lipinski definition) is 5. The average Bonchev–Trinajstić information content (AvgIpc) is 2.45. The predicted octanol–water partition coefficient (Wildman–Crippen LogP) is 2.42. The fraction of sp³-hybridized carbons (Fsp3) is 0.133. The van der Waals surface area contributed by atoms with Crippen molar-refractivity contribution in [3.8, 4) is 11.8 Å². The van der Waals surface area contributed by atoms with Crippen LogP contribution in [-0.2, 0) is 0 Å². The average molecular weight is 283 g/mol. The molecule has 1 aliphatic rings. The van der Waals surface area contributed by atoms with E-state index < -0.39 is 17.4 Å². The maximum Gasteiger partial charge on any atom is 0.215 e. The summed E-state index contributed by atoms with van der Waals surface area (Å²) in [5, 5.41) is 20.2. The van der Waals surface area contributed by atoms with Crippen LogP contribution in [0.15, 0.2) is 36.7 Å². The van der Waals surface area contributed by atoms with E-state index in [0.29, 0.717) is 16.9 Å². The number of hydrogen-bond donors (Lipinski definition) is 1. The third-order valence-electron chi connectivity index (χ3n) is 3.34. The van der Waals surface area contributed by atoms with Crippen molar-refractivity contribution in [3.63, 3.8) is 0 Å². The number of benzene rings is 1. The zero-order valence-electron chi connectivity index (χ0n) is 11.2. The lowest BCUT2D eigenvalue weighted by Gasteiger charge is -2.26. The molecule has 0 fully saturated rings. The fourth-order valence-electron chi connectivity index (χ4n) is 2.44. The summed E-state index contributed by atoms with van der Waals surface area (Å²) in [5.41, 5.74) is 7.73. The van der Waals surface area contributed by atoms with Crippen LogP contribution < -0.4 is 10.5 Å². The Hall–Kier alpha value is -3.07. The highest BCUT2D eigenvalue weighted by Crippen LogP contribution is 2.41. The van der Waals surface area contributed by atoms with Crippen molar-refractivity contribution in [2.75, 3.05) is 6.54 Å².